The first-order valence-electron chi connectivity index (χ1n) is 8.37. The van der Waals surface area contributed by atoms with Crippen LogP contribution in [0.1, 0.15) is 15.9 Å². The van der Waals surface area contributed by atoms with Crippen LogP contribution in [-0.2, 0) is 11.3 Å². The molecular weight excluding hydrogens is 326 g/mol. The highest BCUT2D eigenvalue weighted by atomic mass is 16.2. The van der Waals surface area contributed by atoms with Gasteiger partial charge in [0.25, 0.3) is 0 Å². The summed E-state index contributed by atoms with van der Waals surface area (Å²) in [6.45, 7) is 0.948. The molecule has 0 aromatic heterocycles. The molecule has 0 saturated heterocycles. The molecule has 0 radical (unpaired) electrons. The van der Waals surface area contributed by atoms with Crippen molar-refractivity contribution in [2.75, 3.05) is 18.9 Å². The number of fused-ring (bicyclic) bond motifs is 1. The third-order valence-electron chi connectivity index (χ3n) is 4.13. The van der Waals surface area contributed by atoms with E-state index in [0.29, 0.717) is 17.8 Å². The molecule has 132 valence electrons. The lowest BCUT2D eigenvalue weighted by molar-refractivity contribution is -0.117. The van der Waals surface area contributed by atoms with E-state index in [9.17, 15) is 9.59 Å². The summed E-state index contributed by atoms with van der Waals surface area (Å²) in [4.78, 5) is 25.2. The van der Waals surface area contributed by atoms with Crippen molar-refractivity contribution in [1.82, 2.24) is 4.90 Å². The van der Waals surface area contributed by atoms with Gasteiger partial charge in [-0.25, -0.2) is 0 Å². The summed E-state index contributed by atoms with van der Waals surface area (Å²) in [5, 5.41) is 5.22. The number of hydrogen-bond acceptors (Lipinski definition) is 3. The van der Waals surface area contributed by atoms with E-state index >= 15 is 0 Å². The second kappa shape index (κ2) is 7.80. The zero-order valence-electron chi connectivity index (χ0n) is 14.6. The van der Waals surface area contributed by atoms with Gasteiger partial charge >= 0.3 is 0 Å². The Labute approximate surface area is 152 Å². The summed E-state index contributed by atoms with van der Waals surface area (Å²) in [5.74, 6) is -0.599. The van der Waals surface area contributed by atoms with Crippen LogP contribution in [0.2, 0.25) is 0 Å². The van der Waals surface area contributed by atoms with E-state index in [1.807, 2.05) is 24.1 Å². The van der Waals surface area contributed by atoms with Gasteiger partial charge < -0.3 is 11.1 Å². The van der Waals surface area contributed by atoms with Crippen LogP contribution in [0.3, 0.4) is 0 Å². The summed E-state index contributed by atoms with van der Waals surface area (Å²) < 4.78 is 0. The molecule has 3 rings (SSSR count). The molecule has 0 spiro atoms. The molecule has 5 nitrogen and oxygen atoms in total. The number of nitrogens with two attached hydrogens (primary N) is 1. The van der Waals surface area contributed by atoms with Gasteiger partial charge in [0, 0.05) is 17.8 Å². The van der Waals surface area contributed by atoms with Crippen LogP contribution in [0, 0.1) is 0 Å². The van der Waals surface area contributed by atoms with Gasteiger partial charge in [-0.15, -0.1) is 0 Å². The van der Waals surface area contributed by atoms with E-state index in [-0.39, 0.29) is 12.5 Å². The fraction of sp³-hybridized carbons (Fsp3) is 0.143. The summed E-state index contributed by atoms with van der Waals surface area (Å²) in [6.07, 6.45) is 0. The molecule has 0 atom stereocenters. The summed E-state index contributed by atoms with van der Waals surface area (Å²) in [7, 11) is 1.91. The Kier molecular flexibility index (Phi) is 5.29. The molecule has 0 bridgehead atoms. The first-order valence-corrected chi connectivity index (χ1v) is 8.37. The van der Waals surface area contributed by atoms with E-state index in [4.69, 9.17) is 5.73 Å². The zero-order valence-corrected chi connectivity index (χ0v) is 14.6. The molecule has 5 heteroatoms. The molecule has 3 N–H and O–H groups in total. The zero-order chi connectivity index (χ0) is 18.5. The van der Waals surface area contributed by atoms with Crippen molar-refractivity contribution in [1.29, 1.82) is 0 Å². The maximum Gasteiger partial charge on any atom is 0.248 e. The first kappa shape index (κ1) is 17.6. The van der Waals surface area contributed by atoms with E-state index < -0.39 is 5.91 Å². The monoisotopic (exact) mass is 347 g/mol. The fourth-order valence-electron chi connectivity index (χ4n) is 2.87. The number of nitrogens with one attached hydrogen (secondary N) is 1. The van der Waals surface area contributed by atoms with Crippen LogP contribution in [-0.4, -0.2) is 30.3 Å². The number of primary amides is 1. The van der Waals surface area contributed by atoms with Crippen LogP contribution in [0.5, 0.6) is 0 Å². The van der Waals surface area contributed by atoms with Gasteiger partial charge in [0.15, 0.2) is 0 Å². The summed E-state index contributed by atoms with van der Waals surface area (Å²) in [6, 6.07) is 21.1. The number of carbonyl (C=O) groups excluding carboxylic acids is 2. The molecule has 0 heterocycles. The average Bonchev–Trinajstić information content (AvgIpc) is 2.61. The van der Waals surface area contributed by atoms with Crippen molar-refractivity contribution in [3.63, 3.8) is 0 Å². The van der Waals surface area contributed by atoms with Gasteiger partial charge in [-0.1, -0.05) is 36.4 Å². The molecule has 0 aliphatic carbocycles. The highest BCUT2D eigenvalue weighted by Crippen LogP contribution is 2.16. The van der Waals surface area contributed by atoms with Crippen molar-refractivity contribution in [3.8, 4) is 0 Å². The van der Waals surface area contributed by atoms with Crippen LogP contribution >= 0.6 is 0 Å². The molecular formula is C21H21N3O2. The molecule has 0 saturated carbocycles. The predicted octanol–water partition coefficient (Wildman–Crippen LogP) is 3.01. The normalized spacial score (nSPS) is 10.8. The quantitative estimate of drug-likeness (QED) is 0.720. The molecule has 26 heavy (non-hydrogen) atoms. The van der Waals surface area contributed by atoms with Gasteiger partial charge in [0.1, 0.15) is 0 Å². The molecule has 3 aromatic carbocycles. The van der Waals surface area contributed by atoms with E-state index in [0.717, 1.165) is 5.56 Å². The Hall–Kier alpha value is -3.18. The van der Waals surface area contributed by atoms with Crippen LogP contribution in [0.15, 0.2) is 66.7 Å². The van der Waals surface area contributed by atoms with Crippen LogP contribution in [0.4, 0.5) is 5.69 Å². The number of amides is 2. The number of hydrogen-bond donors (Lipinski definition) is 2. The minimum Gasteiger partial charge on any atom is -0.366 e. The maximum atomic E-state index is 12.2. The number of benzene rings is 3. The summed E-state index contributed by atoms with van der Waals surface area (Å²) in [5.41, 5.74) is 7.41. The van der Waals surface area contributed by atoms with Gasteiger partial charge in [0.2, 0.25) is 11.8 Å². The smallest absolute Gasteiger partial charge is 0.248 e. The number of carbonyl (C=O) groups is 2. The number of nitrogens with zero attached hydrogens (tertiary/aromatic N) is 1. The Balaban J connectivity index is 1.57. The van der Waals surface area contributed by atoms with Crippen LogP contribution in [0.25, 0.3) is 10.8 Å². The Morgan fingerprint density at radius 2 is 1.65 bits per heavy atom. The minimum absolute atomic E-state index is 0.111. The van der Waals surface area contributed by atoms with Crippen molar-refractivity contribution >= 4 is 28.3 Å². The van der Waals surface area contributed by atoms with E-state index in [1.54, 1.807) is 24.3 Å². The predicted molar refractivity (Wildman–Crippen MR) is 104 cm³/mol. The largest absolute Gasteiger partial charge is 0.366 e. The highest BCUT2D eigenvalue weighted by molar-refractivity contribution is 5.95. The lowest BCUT2D eigenvalue weighted by atomic mass is 10.1. The van der Waals surface area contributed by atoms with Gasteiger partial charge in [-0.2, -0.15) is 0 Å². The second-order valence-electron chi connectivity index (χ2n) is 6.34. The number of rotatable bonds is 6. The molecule has 0 aliphatic heterocycles. The molecule has 3 aromatic rings. The van der Waals surface area contributed by atoms with Crippen molar-refractivity contribution < 1.29 is 9.59 Å². The third kappa shape index (κ3) is 4.46. The van der Waals surface area contributed by atoms with Crippen LogP contribution < -0.4 is 11.1 Å². The lowest BCUT2D eigenvalue weighted by Crippen LogP contribution is -2.29. The molecule has 2 amide bonds. The average molecular weight is 347 g/mol. The fourth-order valence-corrected chi connectivity index (χ4v) is 2.87. The second-order valence-corrected chi connectivity index (χ2v) is 6.34. The van der Waals surface area contributed by atoms with Crippen molar-refractivity contribution in [3.05, 3.63) is 77.9 Å². The lowest BCUT2D eigenvalue weighted by Gasteiger charge is -2.17. The minimum atomic E-state index is -0.488. The molecule has 0 aliphatic rings. The number of anilines is 1. The SMILES string of the molecule is CN(CC(=O)Nc1ccc(C(N)=O)cc1)Cc1ccc2ccccc2c1. The van der Waals surface area contributed by atoms with Gasteiger partial charge in [-0.3, -0.25) is 14.5 Å². The highest BCUT2D eigenvalue weighted by Gasteiger charge is 2.09. The Morgan fingerprint density at radius 1 is 0.962 bits per heavy atom. The van der Waals surface area contributed by atoms with E-state index in [2.05, 4.69) is 35.6 Å². The van der Waals surface area contributed by atoms with E-state index in [1.165, 1.54) is 10.8 Å². The van der Waals surface area contributed by atoms with Crippen molar-refractivity contribution in [2.24, 2.45) is 5.73 Å². The van der Waals surface area contributed by atoms with Crippen molar-refractivity contribution in [2.45, 2.75) is 6.54 Å². The molecule has 0 unspecified atom stereocenters. The Morgan fingerprint density at radius 3 is 2.35 bits per heavy atom. The number of likely N-dealkylation sites (N-methyl/N-ethyl adjacent to an activating group) is 1. The third-order valence-corrected chi connectivity index (χ3v) is 4.13. The first-order chi connectivity index (χ1) is 12.5. The Bertz CT molecular complexity index is 935. The maximum absolute atomic E-state index is 12.2. The van der Waals surface area contributed by atoms with Gasteiger partial charge in [-0.05, 0) is 53.7 Å². The summed E-state index contributed by atoms with van der Waals surface area (Å²) >= 11 is 0. The standard InChI is InChI=1S/C21H21N3O2/c1-24(13-15-6-7-16-4-2-3-5-18(16)12-15)14-20(25)23-19-10-8-17(9-11-19)21(22)26/h2-12H,13-14H2,1H3,(H2,22,26)(H,23,25). The van der Waals surface area contributed by atoms with Gasteiger partial charge in [0.05, 0.1) is 6.54 Å². The topological polar surface area (TPSA) is 75.4 Å². The molecule has 0 fully saturated rings.